The Labute approximate surface area is 140 Å². The molecule has 0 unspecified atom stereocenters. The summed E-state index contributed by atoms with van der Waals surface area (Å²) in [5.41, 5.74) is 2.30. The fourth-order valence-corrected chi connectivity index (χ4v) is 2.57. The van der Waals surface area contributed by atoms with E-state index in [0.29, 0.717) is 18.4 Å². The molecule has 0 bridgehead atoms. The van der Waals surface area contributed by atoms with Crippen LogP contribution >= 0.6 is 0 Å². The molecule has 25 heavy (non-hydrogen) atoms. The highest BCUT2D eigenvalue weighted by Gasteiger charge is 2.38. The second-order valence-electron chi connectivity index (χ2n) is 5.55. The van der Waals surface area contributed by atoms with Crippen LogP contribution in [0.2, 0.25) is 0 Å². The van der Waals surface area contributed by atoms with Crippen molar-refractivity contribution in [1.82, 2.24) is 15.1 Å². The molecule has 2 aromatic heterocycles. The van der Waals surface area contributed by atoms with Gasteiger partial charge in [-0.1, -0.05) is 29.4 Å². The van der Waals surface area contributed by atoms with E-state index in [1.54, 1.807) is 0 Å². The highest BCUT2D eigenvalue weighted by molar-refractivity contribution is 5.58. The predicted octanol–water partition coefficient (Wildman–Crippen LogP) is 3.54. The first-order chi connectivity index (χ1) is 11.9. The Bertz CT molecular complexity index is 945. The fraction of sp³-hybridized carbons (Fsp3) is 0.235. The summed E-state index contributed by atoms with van der Waals surface area (Å²) < 4.78 is 42.2. The Morgan fingerprint density at radius 2 is 1.92 bits per heavy atom. The third-order valence-electron chi connectivity index (χ3n) is 3.88. The van der Waals surface area contributed by atoms with Gasteiger partial charge in [0.15, 0.2) is 0 Å². The Kier molecular flexibility index (Phi) is 4.43. The minimum absolute atomic E-state index is 0.233. The second-order valence-corrected chi connectivity index (χ2v) is 5.55. The Morgan fingerprint density at radius 3 is 2.60 bits per heavy atom. The SMILES string of the molecule is Cc1ccccc1CCc1c(-c2noc(C(F)(F)F)n2)cc[nH]c1=O. The van der Waals surface area contributed by atoms with Crippen molar-refractivity contribution in [2.45, 2.75) is 25.9 Å². The van der Waals surface area contributed by atoms with Crippen molar-refractivity contribution < 1.29 is 17.7 Å². The van der Waals surface area contributed by atoms with Crippen molar-refractivity contribution in [3.8, 4) is 11.4 Å². The number of aromatic amines is 1. The molecule has 0 saturated carbocycles. The van der Waals surface area contributed by atoms with Crippen LogP contribution in [-0.4, -0.2) is 15.1 Å². The molecule has 1 N–H and O–H groups in total. The van der Waals surface area contributed by atoms with E-state index in [-0.39, 0.29) is 16.9 Å². The fourth-order valence-electron chi connectivity index (χ4n) is 2.57. The summed E-state index contributed by atoms with van der Waals surface area (Å²) in [6.07, 6.45) is -2.48. The first-order valence-electron chi connectivity index (χ1n) is 7.52. The molecule has 0 radical (unpaired) electrons. The van der Waals surface area contributed by atoms with Crippen LogP contribution in [0.4, 0.5) is 13.2 Å². The van der Waals surface area contributed by atoms with E-state index >= 15 is 0 Å². The van der Waals surface area contributed by atoms with Crippen molar-refractivity contribution in [3.05, 3.63) is 69.5 Å². The Balaban J connectivity index is 1.94. The molecule has 0 fully saturated rings. The summed E-state index contributed by atoms with van der Waals surface area (Å²) >= 11 is 0. The third kappa shape index (κ3) is 3.62. The maximum absolute atomic E-state index is 12.6. The zero-order valence-corrected chi connectivity index (χ0v) is 13.2. The van der Waals surface area contributed by atoms with Crippen LogP contribution in [0.5, 0.6) is 0 Å². The van der Waals surface area contributed by atoms with Crippen LogP contribution in [0, 0.1) is 6.92 Å². The summed E-state index contributed by atoms with van der Waals surface area (Å²) in [5, 5.41) is 3.37. The summed E-state index contributed by atoms with van der Waals surface area (Å²) in [6.45, 7) is 1.96. The van der Waals surface area contributed by atoms with E-state index in [1.807, 2.05) is 31.2 Å². The number of nitrogens with one attached hydrogen (secondary N) is 1. The molecule has 130 valence electrons. The molecule has 2 heterocycles. The quantitative estimate of drug-likeness (QED) is 0.782. The number of aryl methyl sites for hydroxylation is 2. The number of hydrogen-bond acceptors (Lipinski definition) is 4. The van der Waals surface area contributed by atoms with Crippen molar-refractivity contribution in [2.75, 3.05) is 0 Å². The van der Waals surface area contributed by atoms with Gasteiger partial charge in [-0.05, 0) is 37.0 Å². The van der Waals surface area contributed by atoms with Crippen molar-refractivity contribution in [1.29, 1.82) is 0 Å². The van der Waals surface area contributed by atoms with E-state index in [1.165, 1.54) is 12.3 Å². The van der Waals surface area contributed by atoms with E-state index in [9.17, 15) is 18.0 Å². The standard InChI is InChI=1S/C17H14F3N3O2/c1-10-4-2-3-5-11(10)6-7-13-12(8-9-21-15(13)24)14-22-16(25-23-14)17(18,19)20/h2-5,8-9H,6-7H2,1H3,(H,21,24). The minimum Gasteiger partial charge on any atom is -0.329 e. The minimum atomic E-state index is -4.73. The maximum Gasteiger partial charge on any atom is 0.471 e. The molecule has 0 aliphatic rings. The van der Waals surface area contributed by atoms with Gasteiger partial charge in [-0.15, -0.1) is 0 Å². The summed E-state index contributed by atoms with van der Waals surface area (Å²) in [7, 11) is 0. The lowest BCUT2D eigenvalue weighted by Gasteiger charge is -2.07. The van der Waals surface area contributed by atoms with E-state index < -0.39 is 12.1 Å². The van der Waals surface area contributed by atoms with E-state index in [4.69, 9.17) is 0 Å². The number of rotatable bonds is 4. The molecule has 0 saturated heterocycles. The zero-order valence-electron chi connectivity index (χ0n) is 13.2. The van der Waals surface area contributed by atoms with Crippen molar-refractivity contribution >= 4 is 0 Å². The molecule has 3 rings (SSSR count). The lowest BCUT2D eigenvalue weighted by atomic mass is 9.98. The number of alkyl halides is 3. The summed E-state index contributed by atoms with van der Waals surface area (Å²) in [6, 6.07) is 9.19. The average molecular weight is 349 g/mol. The summed E-state index contributed by atoms with van der Waals surface area (Å²) in [4.78, 5) is 18.1. The van der Waals surface area contributed by atoms with Crippen molar-refractivity contribution in [3.63, 3.8) is 0 Å². The van der Waals surface area contributed by atoms with Crippen LogP contribution in [0.3, 0.4) is 0 Å². The van der Waals surface area contributed by atoms with Gasteiger partial charge in [-0.3, -0.25) is 4.79 Å². The van der Waals surface area contributed by atoms with Crippen LogP contribution in [0.25, 0.3) is 11.4 Å². The smallest absolute Gasteiger partial charge is 0.329 e. The lowest BCUT2D eigenvalue weighted by Crippen LogP contribution is -2.15. The van der Waals surface area contributed by atoms with Gasteiger partial charge in [-0.25, -0.2) is 0 Å². The highest BCUT2D eigenvalue weighted by atomic mass is 19.4. The predicted molar refractivity (Wildman–Crippen MR) is 83.9 cm³/mol. The lowest BCUT2D eigenvalue weighted by molar-refractivity contribution is -0.159. The molecule has 0 spiro atoms. The molecular weight excluding hydrogens is 335 g/mol. The zero-order chi connectivity index (χ0) is 18.0. The molecule has 0 aliphatic heterocycles. The van der Waals surface area contributed by atoms with Gasteiger partial charge in [0.05, 0.1) is 0 Å². The monoisotopic (exact) mass is 349 g/mol. The van der Waals surface area contributed by atoms with Crippen LogP contribution < -0.4 is 5.56 Å². The van der Waals surface area contributed by atoms with Gasteiger partial charge in [0.2, 0.25) is 5.82 Å². The average Bonchev–Trinajstić information content (AvgIpc) is 3.05. The maximum atomic E-state index is 12.6. The highest BCUT2D eigenvalue weighted by Crippen LogP contribution is 2.30. The van der Waals surface area contributed by atoms with E-state index in [0.717, 1.165) is 11.1 Å². The first kappa shape index (κ1) is 16.9. The van der Waals surface area contributed by atoms with Gasteiger partial charge >= 0.3 is 12.1 Å². The first-order valence-corrected chi connectivity index (χ1v) is 7.52. The largest absolute Gasteiger partial charge is 0.471 e. The van der Waals surface area contributed by atoms with Crippen molar-refractivity contribution in [2.24, 2.45) is 0 Å². The van der Waals surface area contributed by atoms with E-state index in [2.05, 4.69) is 19.6 Å². The van der Waals surface area contributed by atoms with Gasteiger partial charge in [0.25, 0.3) is 5.56 Å². The molecule has 1 aromatic carbocycles. The third-order valence-corrected chi connectivity index (χ3v) is 3.88. The number of pyridine rings is 1. The molecule has 8 heteroatoms. The number of aromatic nitrogens is 3. The van der Waals surface area contributed by atoms with Gasteiger partial charge in [0.1, 0.15) is 0 Å². The number of hydrogen-bond donors (Lipinski definition) is 1. The number of nitrogens with zero attached hydrogens (tertiary/aromatic N) is 2. The molecule has 0 atom stereocenters. The molecule has 5 nitrogen and oxygen atoms in total. The Morgan fingerprint density at radius 1 is 1.16 bits per heavy atom. The number of halogens is 3. The molecule has 3 aromatic rings. The van der Waals surface area contributed by atoms with Gasteiger partial charge in [0, 0.05) is 17.3 Å². The van der Waals surface area contributed by atoms with Gasteiger partial charge < -0.3 is 9.51 Å². The van der Waals surface area contributed by atoms with Crippen LogP contribution in [0.15, 0.2) is 45.8 Å². The topological polar surface area (TPSA) is 71.8 Å². The molecule has 0 aliphatic carbocycles. The van der Waals surface area contributed by atoms with Crippen LogP contribution in [0.1, 0.15) is 22.6 Å². The molecule has 0 amide bonds. The normalized spacial score (nSPS) is 11.7. The van der Waals surface area contributed by atoms with Crippen LogP contribution in [-0.2, 0) is 19.0 Å². The number of benzene rings is 1. The van der Waals surface area contributed by atoms with Gasteiger partial charge in [-0.2, -0.15) is 18.2 Å². The second kappa shape index (κ2) is 6.54. The molecular formula is C17H14F3N3O2. The number of H-pyrrole nitrogens is 1. The summed E-state index contributed by atoms with van der Waals surface area (Å²) in [5.74, 6) is -1.69. The Hall–Kier alpha value is -2.90.